The number of carbonyl (C=O) groups is 1. The number of nitrogens with zero attached hydrogens (tertiary/aromatic N) is 1. The number of nitrogens with one attached hydrogen (secondary N) is 1. The van der Waals surface area contributed by atoms with Crippen LogP contribution in [0.25, 0.3) is 0 Å². The Morgan fingerprint density at radius 2 is 2.19 bits per heavy atom. The molecule has 3 rings (SSSR count). The molecule has 1 saturated heterocycles. The van der Waals surface area contributed by atoms with Gasteiger partial charge in [0.05, 0.1) is 0 Å². The molecule has 118 valence electrons. The minimum atomic E-state index is 0. The number of carbonyl (C=O) groups excluding carboxylic acids is 1. The van der Waals surface area contributed by atoms with Crippen LogP contribution in [0.2, 0.25) is 0 Å². The smallest absolute Gasteiger partial charge is 0.289 e. The lowest BCUT2D eigenvalue weighted by Crippen LogP contribution is -2.42. The SMILES string of the molecule is CCc1oc(C(=O)N(CC2CCCN2)C2CC2)cc1C.Cl. The minimum absolute atomic E-state index is 0. The third kappa shape index (κ3) is 3.61. The third-order valence-electron chi connectivity index (χ3n) is 4.38. The Morgan fingerprint density at radius 3 is 2.71 bits per heavy atom. The van der Waals surface area contributed by atoms with Crippen molar-refractivity contribution in [3.63, 3.8) is 0 Å². The second-order valence-corrected chi connectivity index (χ2v) is 6.05. The van der Waals surface area contributed by atoms with Crippen LogP contribution in [-0.4, -0.2) is 36.0 Å². The van der Waals surface area contributed by atoms with Gasteiger partial charge in [-0.1, -0.05) is 6.92 Å². The van der Waals surface area contributed by atoms with Crippen LogP contribution in [0.15, 0.2) is 10.5 Å². The highest BCUT2D eigenvalue weighted by Gasteiger charge is 2.36. The number of amides is 1. The Balaban J connectivity index is 0.00000161. The van der Waals surface area contributed by atoms with E-state index in [4.69, 9.17) is 4.42 Å². The van der Waals surface area contributed by atoms with E-state index in [1.165, 1.54) is 12.8 Å². The van der Waals surface area contributed by atoms with E-state index in [1.807, 2.05) is 17.9 Å². The molecule has 2 aliphatic rings. The first-order chi connectivity index (χ1) is 9.69. The molecule has 1 aromatic rings. The van der Waals surface area contributed by atoms with Gasteiger partial charge in [0.25, 0.3) is 5.91 Å². The maximum absolute atomic E-state index is 12.7. The van der Waals surface area contributed by atoms with Crippen molar-refractivity contribution in [1.29, 1.82) is 0 Å². The summed E-state index contributed by atoms with van der Waals surface area (Å²) in [7, 11) is 0. The van der Waals surface area contributed by atoms with E-state index in [9.17, 15) is 4.79 Å². The molecule has 1 N–H and O–H groups in total. The fraction of sp³-hybridized carbons (Fsp3) is 0.688. The summed E-state index contributed by atoms with van der Waals surface area (Å²) in [4.78, 5) is 14.7. The van der Waals surface area contributed by atoms with Crippen molar-refractivity contribution in [3.8, 4) is 0 Å². The van der Waals surface area contributed by atoms with Crippen molar-refractivity contribution in [2.75, 3.05) is 13.1 Å². The Morgan fingerprint density at radius 1 is 1.43 bits per heavy atom. The quantitative estimate of drug-likeness (QED) is 0.909. The zero-order valence-electron chi connectivity index (χ0n) is 12.9. The van der Waals surface area contributed by atoms with Gasteiger partial charge in [0, 0.05) is 25.0 Å². The molecule has 2 fully saturated rings. The van der Waals surface area contributed by atoms with Crippen molar-refractivity contribution in [2.24, 2.45) is 0 Å². The Hall–Kier alpha value is -1.00. The summed E-state index contributed by atoms with van der Waals surface area (Å²) >= 11 is 0. The average Bonchev–Trinajstić information content (AvgIpc) is 3.02. The van der Waals surface area contributed by atoms with Gasteiger partial charge in [0.1, 0.15) is 5.76 Å². The molecule has 1 atom stereocenters. The highest BCUT2D eigenvalue weighted by atomic mass is 35.5. The fourth-order valence-corrected chi connectivity index (χ4v) is 3.05. The predicted molar refractivity (Wildman–Crippen MR) is 85.2 cm³/mol. The van der Waals surface area contributed by atoms with Crippen LogP contribution in [0, 0.1) is 6.92 Å². The van der Waals surface area contributed by atoms with Gasteiger partial charge >= 0.3 is 0 Å². The molecular formula is C16H25ClN2O2. The lowest BCUT2D eigenvalue weighted by molar-refractivity contribution is 0.0694. The topological polar surface area (TPSA) is 45.5 Å². The van der Waals surface area contributed by atoms with Crippen LogP contribution >= 0.6 is 12.4 Å². The Kier molecular flexibility index (Phi) is 5.33. The second kappa shape index (κ2) is 6.84. The van der Waals surface area contributed by atoms with Crippen LogP contribution in [0.4, 0.5) is 0 Å². The first-order valence-electron chi connectivity index (χ1n) is 7.82. The van der Waals surface area contributed by atoms with Gasteiger partial charge in [-0.3, -0.25) is 4.79 Å². The minimum Gasteiger partial charge on any atom is -0.456 e. The summed E-state index contributed by atoms with van der Waals surface area (Å²) in [6.45, 7) is 5.97. The van der Waals surface area contributed by atoms with Crippen molar-refractivity contribution in [3.05, 3.63) is 23.2 Å². The van der Waals surface area contributed by atoms with Crippen molar-refractivity contribution < 1.29 is 9.21 Å². The van der Waals surface area contributed by atoms with Gasteiger partial charge < -0.3 is 14.6 Å². The summed E-state index contributed by atoms with van der Waals surface area (Å²) < 4.78 is 5.74. The molecule has 5 heteroatoms. The summed E-state index contributed by atoms with van der Waals surface area (Å²) in [5.74, 6) is 1.52. The second-order valence-electron chi connectivity index (χ2n) is 6.05. The van der Waals surface area contributed by atoms with E-state index in [0.717, 1.165) is 43.7 Å². The van der Waals surface area contributed by atoms with Crippen LogP contribution in [0.1, 0.15) is 54.5 Å². The summed E-state index contributed by atoms with van der Waals surface area (Å²) in [5.41, 5.74) is 1.09. The Bertz CT molecular complexity index is 490. The molecule has 0 radical (unpaired) electrons. The van der Waals surface area contributed by atoms with Gasteiger partial charge in [-0.15, -0.1) is 12.4 Å². The van der Waals surface area contributed by atoms with Gasteiger partial charge in [0.15, 0.2) is 5.76 Å². The van der Waals surface area contributed by atoms with E-state index in [2.05, 4.69) is 12.2 Å². The van der Waals surface area contributed by atoms with E-state index in [-0.39, 0.29) is 18.3 Å². The molecular weight excluding hydrogens is 288 g/mol. The van der Waals surface area contributed by atoms with Crippen molar-refractivity contribution in [2.45, 2.75) is 58.0 Å². The maximum atomic E-state index is 12.7. The number of halogens is 1. The number of aryl methyl sites for hydroxylation is 2. The van der Waals surface area contributed by atoms with Gasteiger partial charge in [-0.25, -0.2) is 0 Å². The molecule has 0 bridgehead atoms. The molecule has 1 aromatic heterocycles. The van der Waals surface area contributed by atoms with Crippen LogP contribution in [-0.2, 0) is 6.42 Å². The molecule has 1 amide bonds. The summed E-state index contributed by atoms with van der Waals surface area (Å²) in [6, 6.07) is 2.79. The van der Waals surface area contributed by atoms with Gasteiger partial charge in [-0.05, 0) is 50.8 Å². The van der Waals surface area contributed by atoms with E-state index < -0.39 is 0 Å². The largest absolute Gasteiger partial charge is 0.456 e. The highest BCUT2D eigenvalue weighted by molar-refractivity contribution is 5.92. The highest BCUT2D eigenvalue weighted by Crippen LogP contribution is 2.30. The van der Waals surface area contributed by atoms with Gasteiger partial charge in [0.2, 0.25) is 0 Å². The first-order valence-corrected chi connectivity index (χ1v) is 7.82. The number of rotatable bonds is 5. The molecule has 1 aliphatic carbocycles. The summed E-state index contributed by atoms with van der Waals surface area (Å²) in [6.07, 6.45) is 5.51. The molecule has 0 aromatic carbocycles. The molecule has 1 unspecified atom stereocenters. The number of hydrogen-bond acceptors (Lipinski definition) is 3. The average molecular weight is 313 g/mol. The normalized spacial score (nSPS) is 21.1. The van der Waals surface area contributed by atoms with Gasteiger partial charge in [-0.2, -0.15) is 0 Å². The zero-order valence-corrected chi connectivity index (χ0v) is 13.7. The first kappa shape index (κ1) is 16.4. The Labute approximate surface area is 132 Å². The molecule has 1 saturated carbocycles. The third-order valence-corrected chi connectivity index (χ3v) is 4.38. The predicted octanol–water partition coefficient (Wildman–Crippen LogP) is 2.93. The van der Waals surface area contributed by atoms with Crippen molar-refractivity contribution >= 4 is 18.3 Å². The van der Waals surface area contributed by atoms with Crippen molar-refractivity contribution in [1.82, 2.24) is 10.2 Å². The lowest BCUT2D eigenvalue weighted by atomic mass is 10.2. The molecule has 1 aliphatic heterocycles. The van der Waals surface area contributed by atoms with Crippen LogP contribution in [0.5, 0.6) is 0 Å². The lowest BCUT2D eigenvalue weighted by Gasteiger charge is -2.25. The molecule has 21 heavy (non-hydrogen) atoms. The summed E-state index contributed by atoms with van der Waals surface area (Å²) in [5, 5.41) is 3.48. The standard InChI is InChI=1S/C16H24N2O2.ClH/c1-3-14-11(2)9-15(20-14)16(19)18(13-6-7-13)10-12-5-4-8-17-12;/h9,12-13,17H,3-8,10H2,1-2H3;1H. The van der Waals surface area contributed by atoms with E-state index in [1.54, 1.807) is 0 Å². The molecule has 4 nitrogen and oxygen atoms in total. The van der Waals surface area contributed by atoms with E-state index in [0.29, 0.717) is 17.8 Å². The molecule has 0 spiro atoms. The zero-order chi connectivity index (χ0) is 14.1. The maximum Gasteiger partial charge on any atom is 0.289 e. The molecule has 2 heterocycles. The van der Waals surface area contributed by atoms with Crippen LogP contribution < -0.4 is 5.32 Å². The van der Waals surface area contributed by atoms with Crippen LogP contribution in [0.3, 0.4) is 0 Å². The number of furan rings is 1. The van der Waals surface area contributed by atoms with E-state index >= 15 is 0 Å². The fourth-order valence-electron chi connectivity index (χ4n) is 3.05. The number of hydrogen-bond donors (Lipinski definition) is 1. The monoisotopic (exact) mass is 312 g/mol.